The molecule has 0 aliphatic heterocycles. The van der Waals surface area contributed by atoms with E-state index in [9.17, 15) is 9.18 Å². The lowest BCUT2D eigenvalue weighted by molar-refractivity contribution is 0.102. The number of carbonyl (C=O) groups excluding carboxylic acids is 1. The Morgan fingerprint density at radius 2 is 1.77 bits per heavy atom. The highest BCUT2D eigenvalue weighted by molar-refractivity contribution is 6.34. The highest BCUT2D eigenvalue weighted by atomic mass is 35.5. The van der Waals surface area contributed by atoms with E-state index in [0.717, 1.165) is 41.6 Å². The van der Waals surface area contributed by atoms with Crippen LogP contribution in [0.4, 0.5) is 21.7 Å². The van der Waals surface area contributed by atoms with Crippen LogP contribution in [0.25, 0.3) is 28.3 Å². The van der Waals surface area contributed by atoms with Crippen molar-refractivity contribution in [3.05, 3.63) is 125 Å². The molecule has 220 valence electrons. The van der Waals surface area contributed by atoms with Gasteiger partial charge in [0.15, 0.2) is 0 Å². The third-order valence-corrected chi connectivity index (χ3v) is 7.38. The predicted octanol–water partition coefficient (Wildman–Crippen LogP) is 7.35. The second-order valence-electron chi connectivity index (χ2n) is 10.5. The van der Waals surface area contributed by atoms with Gasteiger partial charge in [-0.15, -0.1) is 0 Å². The molecule has 1 amide bonds. The van der Waals surface area contributed by atoms with E-state index in [-0.39, 0.29) is 10.6 Å². The Morgan fingerprint density at radius 1 is 0.932 bits per heavy atom. The molecule has 0 unspecified atom stereocenters. The van der Waals surface area contributed by atoms with Crippen LogP contribution in [0.15, 0.2) is 103 Å². The summed E-state index contributed by atoms with van der Waals surface area (Å²) in [7, 11) is 4.13. The monoisotopic (exact) mass is 605 g/mol. The fraction of sp³-hybridized carbons (Fsp3) is 0.118. The first kappa shape index (κ1) is 29.0. The molecule has 0 aliphatic carbocycles. The van der Waals surface area contributed by atoms with Crippen LogP contribution in [0, 0.1) is 5.82 Å². The molecule has 3 heterocycles. The van der Waals surface area contributed by atoms with Gasteiger partial charge in [0.1, 0.15) is 11.5 Å². The molecule has 8 nitrogen and oxygen atoms in total. The number of hydrogen-bond acceptors (Lipinski definition) is 6. The number of imidazole rings is 1. The summed E-state index contributed by atoms with van der Waals surface area (Å²) in [6, 6.07) is 26.8. The van der Waals surface area contributed by atoms with Gasteiger partial charge in [-0.05, 0) is 86.7 Å². The topological polar surface area (TPSA) is 87.5 Å². The summed E-state index contributed by atoms with van der Waals surface area (Å²) >= 11 is 6.15. The van der Waals surface area contributed by atoms with Crippen molar-refractivity contribution in [1.82, 2.24) is 24.3 Å². The van der Waals surface area contributed by atoms with Crippen LogP contribution < -0.4 is 10.6 Å². The minimum atomic E-state index is -0.543. The first-order valence-corrected chi connectivity index (χ1v) is 14.4. The fourth-order valence-corrected chi connectivity index (χ4v) is 5.05. The molecule has 0 aliphatic rings. The van der Waals surface area contributed by atoms with Crippen LogP contribution >= 0.6 is 11.6 Å². The van der Waals surface area contributed by atoms with Gasteiger partial charge in [0.2, 0.25) is 5.95 Å². The number of amides is 1. The van der Waals surface area contributed by atoms with Crippen LogP contribution in [0.1, 0.15) is 15.9 Å². The number of aromatic nitrogens is 4. The Kier molecular flexibility index (Phi) is 8.31. The Balaban J connectivity index is 1.31. The fourth-order valence-electron chi connectivity index (χ4n) is 4.84. The number of benzene rings is 3. The largest absolute Gasteiger partial charge is 0.324 e. The average molecular weight is 606 g/mol. The van der Waals surface area contributed by atoms with Gasteiger partial charge in [-0.25, -0.2) is 19.3 Å². The predicted molar refractivity (Wildman–Crippen MR) is 173 cm³/mol. The number of halogens is 2. The summed E-state index contributed by atoms with van der Waals surface area (Å²) in [5.74, 6) is -0.606. The zero-order valence-corrected chi connectivity index (χ0v) is 24.9. The zero-order chi connectivity index (χ0) is 30.6. The molecule has 0 saturated heterocycles. The van der Waals surface area contributed by atoms with Crippen molar-refractivity contribution in [2.75, 3.05) is 31.3 Å². The van der Waals surface area contributed by atoms with Gasteiger partial charge in [-0.1, -0.05) is 41.9 Å². The van der Waals surface area contributed by atoms with Gasteiger partial charge >= 0.3 is 0 Å². The first-order valence-electron chi connectivity index (χ1n) is 14.0. The summed E-state index contributed by atoms with van der Waals surface area (Å²) < 4.78 is 15.8. The number of nitrogens with zero attached hydrogens (tertiary/aromatic N) is 5. The van der Waals surface area contributed by atoms with E-state index in [0.29, 0.717) is 23.0 Å². The lowest BCUT2D eigenvalue weighted by atomic mass is 10.1. The average Bonchev–Trinajstić information content (AvgIpc) is 3.42. The van der Waals surface area contributed by atoms with Crippen LogP contribution in [-0.2, 0) is 6.42 Å². The van der Waals surface area contributed by atoms with Crippen molar-refractivity contribution >= 4 is 40.5 Å². The third-order valence-electron chi connectivity index (χ3n) is 7.05. The number of anilines is 3. The Hall–Kier alpha value is -5.12. The summed E-state index contributed by atoms with van der Waals surface area (Å²) in [5, 5.41) is 6.30. The van der Waals surface area contributed by atoms with Crippen LogP contribution in [0.5, 0.6) is 0 Å². The number of pyridine rings is 1. The maximum atomic E-state index is 13.8. The quantitative estimate of drug-likeness (QED) is 0.179. The smallest absolute Gasteiger partial charge is 0.257 e. The van der Waals surface area contributed by atoms with Gasteiger partial charge in [0, 0.05) is 35.9 Å². The summed E-state index contributed by atoms with van der Waals surface area (Å²) in [4.78, 5) is 29.3. The maximum Gasteiger partial charge on any atom is 0.257 e. The van der Waals surface area contributed by atoms with Crippen LogP contribution in [0.2, 0.25) is 5.02 Å². The molecule has 6 rings (SSSR count). The minimum absolute atomic E-state index is 0.0507. The Bertz CT molecular complexity index is 1960. The Morgan fingerprint density at radius 3 is 2.59 bits per heavy atom. The van der Waals surface area contributed by atoms with Crippen molar-refractivity contribution in [1.29, 1.82) is 0 Å². The van der Waals surface area contributed by atoms with Crippen molar-refractivity contribution in [2.24, 2.45) is 0 Å². The van der Waals surface area contributed by atoms with Crippen molar-refractivity contribution in [3.8, 4) is 22.6 Å². The van der Waals surface area contributed by atoms with Crippen LogP contribution in [-0.4, -0.2) is 50.8 Å². The number of rotatable bonds is 9. The highest BCUT2D eigenvalue weighted by Crippen LogP contribution is 2.33. The second-order valence-corrected chi connectivity index (χ2v) is 10.9. The molecular formula is C34H29ClFN7O. The standard InChI is InChI=1S/C34H29ClFN7O/c1-42(2)19-16-22-9-12-25(13-10-22)39-34-37-17-15-29(40-34)32-31(41-30-8-3-4-18-43(30)32)23-6-5-7-26(20-23)38-33(44)27-21-24(36)11-14-28(27)35/h3-15,17-18,20-21H,16,19H2,1-2H3,(H,38,44)(H,37,39,40). The summed E-state index contributed by atoms with van der Waals surface area (Å²) in [6.07, 6.45) is 4.61. The molecule has 0 bridgehead atoms. The van der Waals surface area contributed by atoms with E-state index < -0.39 is 11.7 Å². The van der Waals surface area contributed by atoms with E-state index in [4.69, 9.17) is 21.6 Å². The van der Waals surface area contributed by atoms with E-state index in [2.05, 4.69) is 46.7 Å². The molecule has 3 aromatic carbocycles. The normalized spacial score (nSPS) is 11.2. The lowest BCUT2D eigenvalue weighted by Crippen LogP contribution is -2.14. The number of nitrogens with one attached hydrogen (secondary N) is 2. The molecule has 44 heavy (non-hydrogen) atoms. The van der Waals surface area contributed by atoms with Gasteiger partial charge < -0.3 is 15.5 Å². The van der Waals surface area contributed by atoms with Crippen molar-refractivity contribution < 1.29 is 9.18 Å². The summed E-state index contributed by atoms with van der Waals surface area (Å²) in [5.41, 5.74) is 6.30. The molecule has 0 saturated carbocycles. The molecule has 10 heteroatoms. The third kappa shape index (κ3) is 6.44. The van der Waals surface area contributed by atoms with Gasteiger partial charge in [0.25, 0.3) is 5.91 Å². The van der Waals surface area contributed by atoms with Gasteiger partial charge in [-0.3, -0.25) is 9.20 Å². The molecule has 0 fully saturated rings. The second kappa shape index (κ2) is 12.6. The molecule has 0 spiro atoms. The number of carbonyl (C=O) groups is 1. The molecule has 6 aromatic rings. The van der Waals surface area contributed by atoms with Crippen LogP contribution in [0.3, 0.4) is 0 Å². The summed E-state index contributed by atoms with van der Waals surface area (Å²) in [6.45, 7) is 0.982. The number of fused-ring (bicyclic) bond motifs is 1. The van der Waals surface area contributed by atoms with E-state index in [1.165, 1.54) is 17.7 Å². The first-order chi connectivity index (χ1) is 21.3. The maximum absolute atomic E-state index is 13.8. The van der Waals surface area contributed by atoms with E-state index >= 15 is 0 Å². The molecular weight excluding hydrogens is 577 g/mol. The Labute approximate surface area is 259 Å². The van der Waals surface area contributed by atoms with Crippen molar-refractivity contribution in [2.45, 2.75) is 6.42 Å². The number of likely N-dealkylation sites (N-methyl/N-ethyl adjacent to an activating group) is 1. The van der Waals surface area contributed by atoms with E-state index in [1.54, 1.807) is 12.3 Å². The molecule has 3 aromatic heterocycles. The number of hydrogen-bond donors (Lipinski definition) is 2. The lowest BCUT2D eigenvalue weighted by Gasteiger charge is -2.11. The molecule has 0 atom stereocenters. The van der Waals surface area contributed by atoms with Crippen molar-refractivity contribution in [3.63, 3.8) is 0 Å². The SMILES string of the molecule is CN(C)CCc1ccc(Nc2nccc(-c3c(-c4cccc(NC(=O)c5cc(F)ccc5Cl)c4)nc4ccccn34)n2)cc1. The van der Waals surface area contributed by atoms with E-state index in [1.807, 2.05) is 65.2 Å². The molecule has 0 radical (unpaired) electrons. The van der Waals surface area contributed by atoms with Gasteiger partial charge in [-0.2, -0.15) is 0 Å². The minimum Gasteiger partial charge on any atom is -0.324 e. The zero-order valence-electron chi connectivity index (χ0n) is 24.1. The molecule has 2 N–H and O–H groups in total. The van der Waals surface area contributed by atoms with Gasteiger partial charge in [0.05, 0.1) is 27.7 Å². The highest BCUT2D eigenvalue weighted by Gasteiger charge is 2.19.